The second-order valence-corrected chi connectivity index (χ2v) is 5.30. The van der Waals surface area contributed by atoms with Crippen LogP contribution in [0.2, 0.25) is 0 Å². The highest BCUT2D eigenvalue weighted by Crippen LogP contribution is 2.21. The maximum Gasteiger partial charge on any atom is 0.147 e. The number of nitrogens with two attached hydrogens (primary N) is 1. The van der Waals surface area contributed by atoms with Gasteiger partial charge in [0.1, 0.15) is 11.6 Å². The van der Waals surface area contributed by atoms with Crippen molar-refractivity contribution in [3.8, 4) is 0 Å². The van der Waals surface area contributed by atoms with E-state index in [9.17, 15) is 0 Å². The number of halogens is 1. The molecule has 1 aromatic heterocycles. The van der Waals surface area contributed by atoms with Crippen LogP contribution in [0.5, 0.6) is 0 Å². The van der Waals surface area contributed by atoms with E-state index in [-0.39, 0.29) is 18.4 Å². The van der Waals surface area contributed by atoms with Crippen LogP contribution in [-0.4, -0.2) is 38.3 Å². The van der Waals surface area contributed by atoms with Gasteiger partial charge in [0.05, 0.1) is 6.54 Å². The summed E-state index contributed by atoms with van der Waals surface area (Å²) in [5, 5.41) is 8.48. The summed E-state index contributed by atoms with van der Waals surface area (Å²) < 4.78 is 2.19. The molecular formula is C13H26ClN5. The molecule has 0 aliphatic carbocycles. The van der Waals surface area contributed by atoms with Gasteiger partial charge in [0.15, 0.2) is 0 Å². The normalized spacial score (nSPS) is 22.0. The number of likely N-dealkylation sites (tertiary alicyclic amines) is 1. The highest BCUT2D eigenvalue weighted by Gasteiger charge is 2.26. The van der Waals surface area contributed by atoms with Crippen molar-refractivity contribution in [2.45, 2.75) is 65.2 Å². The predicted octanol–water partition coefficient (Wildman–Crippen LogP) is 1.73. The van der Waals surface area contributed by atoms with Gasteiger partial charge in [-0.05, 0) is 40.2 Å². The molecule has 2 rings (SSSR count). The van der Waals surface area contributed by atoms with Crippen molar-refractivity contribution in [2.75, 3.05) is 6.54 Å². The Labute approximate surface area is 122 Å². The third-order valence-corrected chi connectivity index (χ3v) is 3.94. The number of hydrogen-bond acceptors (Lipinski definition) is 4. The molecule has 0 bridgehead atoms. The van der Waals surface area contributed by atoms with Crippen LogP contribution in [0.3, 0.4) is 0 Å². The molecule has 1 saturated heterocycles. The molecule has 1 fully saturated rings. The fourth-order valence-electron chi connectivity index (χ4n) is 2.94. The number of piperidine rings is 1. The highest BCUT2D eigenvalue weighted by atomic mass is 35.5. The Balaban J connectivity index is 0.00000180. The van der Waals surface area contributed by atoms with Gasteiger partial charge in [0, 0.05) is 18.6 Å². The van der Waals surface area contributed by atoms with E-state index >= 15 is 0 Å². The first-order chi connectivity index (χ1) is 8.63. The highest BCUT2D eigenvalue weighted by molar-refractivity contribution is 5.85. The third-order valence-electron chi connectivity index (χ3n) is 3.94. The molecule has 0 spiro atoms. The number of aromatic nitrogens is 3. The molecular weight excluding hydrogens is 262 g/mol. The summed E-state index contributed by atoms with van der Waals surface area (Å²) in [5.41, 5.74) is 6.10. The molecule has 2 atom stereocenters. The van der Waals surface area contributed by atoms with Gasteiger partial charge >= 0.3 is 0 Å². The summed E-state index contributed by atoms with van der Waals surface area (Å²) in [7, 11) is 0. The zero-order valence-electron chi connectivity index (χ0n) is 12.2. The molecule has 110 valence electrons. The van der Waals surface area contributed by atoms with Crippen molar-refractivity contribution in [1.82, 2.24) is 19.7 Å². The Hall–Kier alpha value is -0.650. The first kappa shape index (κ1) is 16.4. The molecule has 1 aliphatic rings. The summed E-state index contributed by atoms with van der Waals surface area (Å²) >= 11 is 0. The SMILES string of the molecule is CCn1c(C)nnc1CN1CCCCC1C(C)N.Cl. The first-order valence-corrected chi connectivity index (χ1v) is 7.01. The fraction of sp³-hybridized carbons (Fsp3) is 0.846. The minimum absolute atomic E-state index is 0. The zero-order chi connectivity index (χ0) is 13.1. The standard InChI is InChI=1S/C13H25N5.ClH/c1-4-18-11(3)15-16-13(18)9-17-8-6-5-7-12(17)10(2)14;/h10,12H,4-9,14H2,1-3H3;1H. The van der Waals surface area contributed by atoms with Crippen LogP contribution in [0.4, 0.5) is 0 Å². The average Bonchev–Trinajstić information content (AvgIpc) is 2.70. The predicted molar refractivity (Wildman–Crippen MR) is 79.4 cm³/mol. The summed E-state index contributed by atoms with van der Waals surface area (Å²) in [5.74, 6) is 2.07. The molecule has 5 nitrogen and oxygen atoms in total. The van der Waals surface area contributed by atoms with Crippen LogP contribution < -0.4 is 5.73 Å². The van der Waals surface area contributed by atoms with E-state index in [1.165, 1.54) is 19.3 Å². The van der Waals surface area contributed by atoms with Gasteiger partial charge in [-0.15, -0.1) is 22.6 Å². The van der Waals surface area contributed by atoms with Crippen molar-refractivity contribution < 1.29 is 0 Å². The second-order valence-electron chi connectivity index (χ2n) is 5.30. The van der Waals surface area contributed by atoms with Gasteiger partial charge in [-0.1, -0.05) is 6.42 Å². The molecule has 1 aromatic rings. The van der Waals surface area contributed by atoms with Crippen LogP contribution >= 0.6 is 12.4 Å². The van der Waals surface area contributed by atoms with Crippen molar-refractivity contribution in [3.05, 3.63) is 11.6 Å². The van der Waals surface area contributed by atoms with E-state index < -0.39 is 0 Å². The van der Waals surface area contributed by atoms with E-state index in [0.29, 0.717) is 6.04 Å². The molecule has 0 radical (unpaired) electrons. The molecule has 1 aliphatic heterocycles. The fourth-order valence-corrected chi connectivity index (χ4v) is 2.94. The van der Waals surface area contributed by atoms with Crippen molar-refractivity contribution in [1.29, 1.82) is 0 Å². The monoisotopic (exact) mass is 287 g/mol. The Morgan fingerprint density at radius 2 is 2.11 bits per heavy atom. The molecule has 6 heteroatoms. The number of rotatable bonds is 4. The first-order valence-electron chi connectivity index (χ1n) is 7.01. The van der Waals surface area contributed by atoms with E-state index in [1.807, 2.05) is 6.92 Å². The molecule has 0 saturated carbocycles. The maximum absolute atomic E-state index is 6.10. The smallest absolute Gasteiger partial charge is 0.147 e. The molecule has 19 heavy (non-hydrogen) atoms. The van der Waals surface area contributed by atoms with Gasteiger partial charge in [0.25, 0.3) is 0 Å². The van der Waals surface area contributed by atoms with E-state index in [1.54, 1.807) is 0 Å². The largest absolute Gasteiger partial charge is 0.327 e. The molecule has 2 unspecified atom stereocenters. The number of hydrogen-bond donors (Lipinski definition) is 1. The number of nitrogens with zero attached hydrogens (tertiary/aromatic N) is 4. The van der Waals surface area contributed by atoms with Crippen molar-refractivity contribution in [3.63, 3.8) is 0 Å². The van der Waals surface area contributed by atoms with Crippen LogP contribution in [0.15, 0.2) is 0 Å². The maximum atomic E-state index is 6.10. The average molecular weight is 288 g/mol. The van der Waals surface area contributed by atoms with E-state index in [0.717, 1.165) is 31.3 Å². The lowest BCUT2D eigenvalue weighted by Gasteiger charge is -2.37. The van der Waals surface area contributed by atoms with Gasteiger partial charge in [-0.3, -0.25) is 4.90 Å². The molecule has 2 N–H and O–H groups in total. The summed E-state index contributed by atoms with van der Waals surface area (Å²) in [6.07, 6.45) is 3.77. The van der Waals surface area contributed by atoms with Gasteiger partial charge in [-0.2, -0.15) is 0 Å². The molecule has 0 aromatic carbocycles. The van der Waals surface area contributed by atoms with Crippen molar-refractivity contribution >= 4 is 12.4 Å². The third kappa shape index (κ3) is 3.68. The zero-order valence-corrected chi connectivity index (χ0v) is 13.0. The Kier molecular flexibility index (Phi) is 6.23. The minimum atomic E-state index is 0. The molecule has 0 amide bonds. The van der Waals surface area contributed by atoms with Crippen LogP contribution in [0.1, 0.15) is 44.8 Å². The number of aryl methyl sites for hydroxylation is 1. The Bertz CT molecular complexity index is 390. The van der Waals surface area contributed by atoms with Gasteiger partial charge < -0.3 is 10.3 Å². The summed E-state index contributed by atoms with van der Waals surface area (Å²) in [6.45, 7) is 9.20. The lowest BCUT2D eigenvalue weighted by molar-refractivity contribution is 0.118. The van der Waals surface area contributed by atoms with Gasteiger partial charge in [0.2, 0.25) is 0 Å². The van der Waals surface area contributed by atoms with Crippen LogP contribution in [0.25, 0.3) is 0 Å². The van der Waals surface area contributed by atoms with E-state index in [4.69, 9.17) is 5.73 Å². The lowest BCUT2D eigenvalue weighted by atomic mass is 9.97. The van der Waals surface area contributed by atoms with E-state index in [2.05, 4.69) is 33.5 Å². The summed E-state index contributed by atoms with van der Waals surface area (Å²) in [6, 6.07) is 0.713. The van der Waals surface area contributed by atoms with Gasteiger partial charge in [-0.25, -0.2) is 0 Å². The van der Waals surface area contributed by atoms with Crippen molar-refractivity contribution in [2.24, 2.45) is 5.73 Å². The lowest BCUT2D eigenvalue weighted by Crippen LogP contribution is -2.48. The summed E-state index contributed by atoms with van der Waals surface area (Å²) in [4.78, 5) is 2.48. The Morgan fingerprint density at radius 1 is 1.37 bits per heavy atom. The van der Waals surface area contributed by atoms with Crippen LogP contribution in [-0.2, 0) is 13.1 Å². The Morgan fingerprint density at radius 3 is 2.74 bits per heavy atom. The quantitative estimate of drug-likeness (QED) is 0.916. The molecule has 2 heterocycles. The minimum Gasteiger partial charge on any atom is -0.327 e. The van der Waals surface area contributed by atoms with Crippen LogP contribution in [0, 0.1) is 6.92 Å². The topological polar surface area (TPSA) is 60.0 Å². The second kappa shape index (κ2) is 7.22.